The van der Waals surface area contributed by atoms with Gasteiger partial charge in [-0.15, -0.1) is 11.3 Å². The molecule has 12 rings (SSSR count). The van der Waals surface area contributed by atoms with Crippen molar-refractivity contribution in [3.8, 4) is 51.0 Å². The van der Waals surface area contributed by atoms with Gasteiger partial charge in [0.2, 0.25) is 0 Å². The van der Waals surface area contributed by atoms with E-state index in [1.807, 2.05) is 84.1 Å². The largest absolute Gasteiger partial charge is 0.456 e. The van der Waals surface area contributed by atoms with Crippen LogP contribution < -0.4 is 0 Å². The molecule has 0 aliphatic heterocycles. The SMILES string of the molecule is c1ccc(-c2nc(-c3ccccc3)nc(-c3cc(-n4c5ccccc5c5cc(-c6ccc7sc8ccccc8c7c6)ccc54)cc4oc5ccccc5c34)n2)cc1. The second-order valence-electron chi connectivity index (χ2n) is 14.4. The number of hydrogen-bond acceptors (Lipinski definition) is 5. The van der Waals surface area contributed by atoms with E-state index in [1.165, 1.54) is 42.1 Å². The molecule has 0 amide bonds. The van der Waals surface area contributed by atoms with E-state index < -0.39 is 0 Å². The molecule has 0 unspecified atom stereocenters. The van der Waals surface area contributed by atoms with E-state index in [9.17, 15) is 0 Å². The molecular weight excluding hydrogens is 717 g/mol. The van der Waals surface area contributed by atoms with Crippen LogP contribution in [0.25, 0.3) is 115 Å². The predicted molar refractivity (Wildman–Crippen MR) is 236 cm³/mol. The molecule has 4 aromatic heterocycles. The Labute approximate surface area is 330 Å². The second-order valence-corrected chi connectivity index (χ2v) is 15.5. The Hall–Kier alpha value is -7.41. The van der Waals surface area contributed by atoms with Crippen molar-refractivity contribution in [2.24, 2.45) is 0 Å². The van der Waals surface area contributed by atoms with Gasteiger partial charge in [-0.25, -0.2) is 15.0 Å². The standard InChI is InChI=1S/C51H30N4OS/c1-3-13-31(14-4-1)49-52-50(32-15-5-2-6-16-32)54-51(53-49)41-29-35(30-45-48(41)38-19-8-11-21-44(38)56-45)55-42-20-10-7-17-36(42)39-27-33(23-25-43(39)55)34-24-26-47-40(28-34)37-18-9-12-22-46(37)57-47/h1-30H. The quantitative estimate of drug-likeness (QED) is 0.176. The molecule has 0 radical (unpaired) electrons. The van der Waals surface area contributed by atoms with Crippen molar-refractivity contribution < 1.29 is 4.42 Å². The van der Waals surface area contributed by atoms with E-state index in [4.69, 9.17) is 19.4 Å². The molecule has 8 aromatic carbocycles. The molecule has 6 heteroatoms. The van der Waals surface area contributed by atoms with Crippen LogP contribution in [-0.2, 0) is 0 Å². The summed E-state index contributed by atoms with van der Waals surface area (Å²) in [6.45, 7) is 0. The minimum Gasteiger partial charge on any atom is -0.456 e. The lowest BCUT2D eigenvalue weighted by Crippen LogP contribution is -2.01. The van der Waals surface area contributed by atoms with Gasteiger partial charge in [-0.1, -0.05) is 127 Å². The molecule has 0 saturated carbocycles. The molecule has 57 heavy (non-hydrogen) atoms. The third kappa shape index (κ3) is 5.12. The average molecular weight is 747 g/mol. The fourth-order valence-electron chi connectivity index (χ4n) is 8.41. The number of hydrogen-bond donors (Lipinski definition) is 0. The lowest BCUT2D eigenvalue weighted by atomic mass is 10.0. The molecular formula is C51H30N4OS. The molecule has 0 saturated heterocycles. The third-order valence-electron chi connectivity index (χ3n) is 11.0. The van der Waals surface area contributed by atoms with Gasteiger partial charge in [0.05, 0.1) is 16.7 Å². The first-order chi connectivity index (χ1) is 28.2. The molecule has 0 fully saturated rings. The lowest BCUT2D eigenvalue weighted by molar-refractivity contribution is 0.668. The van der Waals surface area contributed by atoms with Crippen LogP contribution >= 0.6 is 11.3 Å². The van der Waals surface area contributed by atoms with Gasteiger partial charge in [0.1, 0.15) is 11.2 Å². The summed E-state index contributed by atoms with van der Waals surface area (Å²) in [5.74, 6) is 1.81. The Morgan fingerprint density at radius 3 is 1.74 bits per heavy atom. The summed E-state index contributed by atoms with van der Waals surface area (Å²) < 4.78 is 11.6. The smallest absolute Gasteiger partial charge is 0.164 e. The zero-order valence-corrected chi connectivity index (χ0v) is 31.2. The van der Waals surface area contributed by atoms with Gasteiger partial charge in [0, 0.05) is 64.5 Å². The Balaban J connectivity index is 1.10. The predicted octanol–water partition coefficient (Wildman–Crippen LogP) is 13.9. The summed E-state index contributed by atoms with van der Waals surface area (Å²) in [6.07, 6.45) is 0. The second kappa shape index (κ2) is 12.6. The molecule has 0 spiro atoms. The maximum Gasteiger partial charge on any atom is 0.164 e. The van der Waals surface area contributed by atoms with Gasteiger partial charge >= 0.3 is 0 Å². The van der Waals surface area contributed by atoms with Crippen molar-refractivity contribution in [1.82, 2.24) is 19.5 Å². The molecule has 5 nitrogen and oxygen atoms in total. The summed E-state index contributed by atoms with van der Waals surface area (Å²) >= 11 is 1.85. The summed E-state index contributed by atoms with van der Waals surface area (Å²) in [4.78, 5) is 15.4. The van der Waals surface area contributed by atoms with E-state index in [0.717, 1.165) is 55.3 Å². The first kappa shape index (κ1) is 31.9. The maximum absolute atomic E-state index is 6.66. The van der Waals surface area contributed by atoms with Crippen molar-refractivity contribution in [2.45, 2.75) is 0 Å². The summed E-state index contributed by atoms with van der Waals surface area (Å²) in [7, 11) is 0. The van der Waals surface area contributed by atoms with E-state index in [-0.39, 0.29) is 0 Å². The Bertz CT molecular complexity index is 3470. The fraction of sp³-hybridized carbons (Fsp3) is 0. The summed E-state index contributed by atoms with van der Waals surface area (Å²) in [6, 6.07) is 63.9. The number of benzene rings is 8. The van der Waals surface area contributed by atoms with Crippen LogP contribution in [0.3, 0.4) is 0 Å². The molecule has 0 atom stereocenters. The van der Waals surface area contributed by atoms with Crippen molar-refractivity contribution in [1.29, 1.82) is 0 Å². The van der Waals surface area contributed by atoms with Gasteiger partial charge in [-0.2, -0.15) is 0 Å². The Kier molecular flexibility index (Phi) is 7.03. The zero-order chi connectivity index (χ0) is 37.5. The Morgan fingerprint density at radius 1 is 0.386 bits per heavy atom. The minimum atomic E-state index is 0.584. The lowest BCUT2D eigenvalue weighted by Gasteiger charge is -2.13. The van der Waals surface area contributed by atoms with Crippen LogP contribution in [0.2, 0.25) is 0 Å². The molecule has 4 heterocycles. The maximum atomic E-state index is 6.66. The number of furan rings is 1. The third-order valence-corrected chi connectivity index (χ3v) is 12.2. The molecule has 0 bridgehead atoms. The van der Waals surface area contributed by atoms with Gasteiger partial charge in [0.25, 0.3) is 0 Å². The van der Waals surface area contributed by atoms with Crippen molar-refractivity contribution in [3.05, 3.63) is 182 Å². The fourth-order valence-corrected chi connectivity index (χ4v) is 9.50. The molecule has 266 valence electrons. The summed E-state index contributed by atoms with van der Waals surface area (Å²) in [5.41, 5.74) is 9.87. The van der Waals surface area contributed by atoms with Crippen LogP contribution in [0.15, 0.2) is 186 Å². The topological polar surface area (TPSA) is 56.7 Å². The highest BCUT2D eigenvalue weighted by atomic mass is 32.1. The van der Waals surface area contributed by atoms with Crippen LogP contribution in [-0.4, -0.2) is 19.5 Å². The van der Waals surface area contributed by atoms with Crippen molar-refractivity contribution in [2.75, 3.05) is 0 Å². The number of thiophene rings is 1. The van der Waals surface area contributed by atoms with Gasteiger partial charge in [0.15, 0.2) is 17.5 Å². The van der Waals surface area contributed by atoms with Gasteiger partial charge < -0.3 is 8.98 Å². The Morgan fingerprint density at radius 2 is 0.965 bits per heavy atom. The highest BCUT2D eigenvalue weighted by molar-refractivity contribution is 7.25. The van der Waals surface area contributed by atoms with Crippen molar-refractivity contribution in [3.63, 3.8) is 0 Å². The van der Waals surface area contributed by atoms with Crippen LogP contribution in [0.1, 0.15) is 0 Å². The molecule has 0 N–H and O–H groups in total. The van der Waals surface area contributed by atoms with Crippen LogP contribution in [0.5, 0.6) is 0 Å². The molecule has 12 aromatic rings. The number of fused-ring (bicyclic) bond motifs is 9. The normalized spacial score (nSPS) is 11.9. The van der Waals surface area contributed by atoms with Crippen LogP contribution in [0, 0.1) is 0 Å². The molecule has 0 aliphatic rings. The van der Waals surface area contributed by atoms with E-state index in [0.29, 0.717) is 17.5 Å². The highest BCUT2D eigenvalue weighted by Crippen LogP contribution is 2.42. The monoisotopic (exact) mass is 746 g/mol. The van der Waals surface area contributed by atoms with E-state index in [1.54, 1.807) is 0 Å². The van der Waals surface area contributed by atoms with Crippen molar-refractivity contribution >= 4 is 75.3 Å². The number of para-hydroxylation sites is 2. The van der Waals surface area contributed by atoms with E-state index in [2.05, 4.69) is 114 Å². The highest BCUT2D eigenvalue weighted by Gasteiger charge is 2.22. The number of aromatic nitrogens is 4. The first-order valence-electron chi connectivity index (χ1n) is 19.0. The van der Waals surface area contributed by atoms with Crippen LogP contribution in [0.4, 0.5) is 0 Å². The summed E-state index contributed by atoms with van der Waals surface area (Å²) in [5, 5.41) is 6.95. The average Bonchev–Trinajstić information content (AvgIpc) is 3.95. The number of nitrogens with zero attached hydrogens (tertiary/aromatic N) is 4. The number of rotatable bonds is 5. The minimum absolute atomic E-state index is 0.584. The molecule has 0 aliphatic carbocycles. The van der Waals surface area contributed by atoms with Gasteiger partial charge in [-0.05, 0) is 59.7 Å². The van der Waals surface area contributed by atoms with E-state index >= 15 is 0 Å². The van der Waals surface area contributed by atoms with Gasteiger partial charge in [-0.3, -0.25) is 0 Å². The first-order valence-corrected chi connectivity index (χ1v) is 19.8. The zero-order valence-electron chi connectivity index (χ0n) is 30.4.